The van der Waals surface area contributed by atoms with Crippen molar-refractivity contribution < 1.29 is 14.6 Å². The molecule has 4 rings (SSSR count). The highest BCUT2D eigenvalue weighted by molar-refractivity contribution is 5.82. The van der Waals surface area contributed by atoms with Crippen molar-refractivity contribution in [1.29, 1.82) is 0 Å². The molecule has 2 N–H and O–H groups in total. The molecule has 0 aliphatic carbocycles. The molecule has 3 saturated heterocycles. The van der Waals surface area contributed by atoms with Gasteiger partial charge < -0.3 is 20.1 Å². The fourth-order valence-electron chi connectivity index (χ4n) is 4.73. The van der Waals surface area contributed by atoms with Gasteiger partial charge in [0, 0.05) is 25.2 Å². The second-order valence-electron chi connectivity index (χ2n) is 7.04. The lowest BCUT2D eigenvalue weighted by Crippen LogP contribution is -2.46. The van der Waals surface area contributed by atoms with Crippen molar-refractivity contribution in [2.45, 2.75) is 38.0 Å². The molecule has 0 spiro atoms. The van der Waals surface area contributed by atoms with Crippen LogP contribution in [0.25, 0.3) is 0 Å². The van der Waals surface area contributed by atoms with Gasteiger partial charge in [-0.1, -0.05) is 18.2 Å². The molecule has 124 valence electrons. The van der Waals surface area contributed by atoms with Gasteiger partial charge in [0.05, 0.1) is 0 Å². The van der Waals surface area contributed by atoms with E-state index in [4.69, 9.17) is 4.74 Å². The highest BCUT2D eigenvalue weighted by Crippen LogP contribution is 2.47. The number of rotatable bonds is 4. The van der Waals surface area contributed by atoms with E-state index in [1.807, 2.05) is 36.1 Å². The van der Waals surface area contributed by atoms with Gasteiger partial charge in [-0.3, -0.25) is 4.79 Å². The third kappa shape index (κ3) is 2.42. The van der Waals surface area contributed by atoms with Crippen LogP contribution in [0.3, 0.4) is 0 Å². The minimum Gasteiger partial charge on any atom is -0.490 e. The van der Waals surface area contributed by atoms with Gasteiger partial charge in [-0.05, 0) is 43.2 Å². The Morgan fingerprint density at radius 2 is 1.96 bits per heavy atom. The Balaban J connectivity index is 1.40. The molecule has 1 amide bonds. The summed E-state index contributed by atoms with van der Waals surface area (Å²) in [7, 11) is 0. The molecular weight excluding hydrogens is 292 g/mol. The summed E-state index contributed by atoms with van der Waals surface area (Å²) in [6, 6.07) is 8.27. The molecule has 3 heterocycles. The number of hydrogen-bond donors (Lipinski definition) is 2. The third-order valence-electron chi connectivity index (χ3n) is 5.80. The second-order valence-corrected chi connectivity index (χ2v) is 7.04. The highest BCUT2D eigenvalue weighted by Gasteiger charge is 2.56. The van der Waals surface area contributed by atoms with Crippen LogP contribution in [-0.2, 0) is 4.79 Å². The molecule has 0 aromatic heterocycles. The lowest BCUT2D eigenvalue weighted by molar-refractivity contribution is -0.143. The van der Waals surface area contributed by atoms with Gasteiger partial charge in [0.2, 0.25) is 0 Å². The summed E-state index contributed by atoms with van der Waals surface area (Å²) in [5.41, 5.74) is 1.01. The summed E-state index contributed by atoms with van der Waals surface area (Å²) < 4.78 is 5.65. The molecule has 1 unspecified atom stereocenters. The number of aryl methyl sites for hydroxylation is 1. The van der Waals surface area contributed by atoms with Crippen LogP contribution in [0.1, 0.15) is 18.4 Å². The largest absolute Gasteiger partial charge is 0.490 e. The van der Waals surface area contributed by atoms with Gasteiger partial charge in [-0.15, -0.1) is 0 Å². The number of aliphatic hydroxyl groups excluding tert-OH is 1. The van der Waals surface area contributed by atoms with Crippen molar-refractivity contribution >= 4 is 5.91 Å². The Morgan fingerprint density at radius 1 is 1.30 bits per heavy atom. The first kappa shape index (κ1) is 15.0. The molecule has 3 aliphatic heterocycles. The Hall–Kier alpha value is -1.59. The van der Waals surface area contributed by atoms with E-state index in [1.165, 1.54) is 0 Å². The van der Waals surface area contributed by atoms with Crippen molar-refractivity contribution in [1.82, 2.24) is 10.2 Å². The van der Waals surface area contributed by atoms with Crippen LogP contribution in [0.15, 0.2) is 24.3 Å². The number of hydrogen-bond acceptors (Lipinski definition) is 4. The average Bonchev–Trinajstić information content (AvgIpc) is 3.24. The number of carbonyl (C=O) groups is 1. The Morgan fingerprint density at radius 3 is 2.61 bits per heavy atom. The topological polar surface area (TPSA) is 61.8 Å². The maximum Gasteiger partial charge on any atom is 0.255 e. The van der Waals surface area contributed by atoms with Gasteiger partial charge in [-0.25, -0.2) is 0 Å². The first-order chi connectivity index (χ1) is 11.2. The van der Waals surface area contributed by atoms with E-state index < -0.39 is 6.10 Å². The number of nitrogens with one attached hydrogen (secondary N) is 1. The summed E-state index contributed by atoms with van der Waals surface area (Å²) in [4.78, 5) is 14.7. The summed E-state index contributed by atoms with van der Waals surface area (Å²) >= 11 is 0. The Bertz CT molecular complexity index is 588. The number of nitrogens with zero attached hydrogens (tertiary/aromatic N) is 1. The first-order valence-corrected chi connectivity index (χ1v) is 8.56. The minimum atomic E-state index is -1.08. The normalized spacial score (nSPS) is 32.9. The monoisotopic (exact) mass is 316 g/mol. The number of amides is 1. The third-order valence-corrected chi connectivity index (χ3v) is 5.80. The smallest absolute Gasteiger partial charge is 0.255 e. The Kier molecular flexibility index (Phi) is 3.77. The van der Waals surface area contributed by atoms with Crippen LogP contribution < -0.4 is 10.1 Å². The van der Waals surface area contributed by atoms with Crippen LogP contribution in [-0.4, -0.2) is 53.8 Å². The summed E-state index contributed by atoms with van der Waals surface area (Å²) in [5, 5.41) is 13.8. The zero-order valence-electron chi connectivity index (χ0n) is 13.4. The van der Waals surface area contributed by atoms with Crippen LogP contribution in [0, 0.1) is 18.8 Å². The second kappa shape index (κ2) is 5.80. The van der Waals surface area contributed by atoms with Crippen LogP contribution >= 0.6 is 0 Å². The first-order valence-electron chi connectivity index (χ1n) is 8.56. The molecule has 5 heteroatoms. The summed E-state index contributed by atoms with van der Waals surface area (Å²) in [5.74, 6) is 1.72. The standard InChI is InChI=1S/C18H24N2O3/c1-11-4-2-3-5-17(11)23-10-16(21)18(22)20-14-6-7-15(20)13-9-19-8-12(13)14/h2-5,12-16,19,21H,6-10H2,1H3/t12-,13+,14-,15+,16?. The zero-order valence-corrected chi connectivity index (χ0v) is 13.4. The van der Waals surface area contributed by atoms with Crippen LogP contribution in [0.5, 0.6) is 5.75 Å². The number of para-hydroxylation sites is 1. The molecule has 0 saturated carbocycles. The lowest BCUT2D eigenvalue weighted by Gasteiger charge is -2.27. The van der Waals surface area contributed by atoms with Crippen molar-refractivity contribution in [3.05, 3.63) is 29.8 Å². The number of ether oxygens (including phenoxy) is 1. The van der Waals surface area contributed by atoms with E-state index in [-0.39, 0.29) is 12.5 Å². The zero-order chi connectivity index (χ0) is 16.0. The van der Waals surface area contributed by atoms with Gasteiger partial charge in [0.1, 0.15) is 12.4 Å². The molecular formula is C18H24N2O3. The molecule has 1 aromatic carbocycles. The highest BCUT2D eigenvalue weighted by atomic mass is 16.5. The fraction of sp³-hybridized carbons (Fsp3) is 0.611. The lowest BCUT2D eigenvalue weighted by atomic mass is 9.82. The van der Waals surface area contributed by atoms with E-state index in [9.17, 15) is 9.90 Å². The molecule has 5 nitrogen and oxygen atoms in total. The number of benzene rings is 1. The average molecular weight is 316 g/mol. The number of carbonyl (C=O) groups excluding carboxylic acids is 1. The predicted molar refractivity (Wildman–Crippen MR) is 86.2 cm³/mol. The predicted octanol–water partition coefficient (Wildman–Crippen LogP) is 0.944. The van der Waals surface area contributed by atoms with E-state index >= 15 is 0 Å². The molecule has 1 aromatic rings. The van der Waals surface area contributed by atoms with Crippen molar-refractivity contribution in [3.8, 4) is 5.75 Å². The van der Waals surface area contributed by atoms with Gasteiger partial charge in [0.25, 0.3) is 5.91 Å². The van der Waals surface area contributed by atoms with E-state index in [2.05, 4.69) is 5.32 Å². The van der Waals surface area contributed by atoms with E-state index in [0.717, 1.165) is 37.2 Å². The number of fused-ring (bicyclic) bond motifs is 5. The fourth-order valence-corrected chi connectivity index (χ4v) is 4.73. The summed E-state index contributed by atoms with van der Waals surface area (Å²) in [6.07, 6.45) is 1.07. The maximum atomic E-state index is 12.7. The molecule has 2 bridgehead atoms. The van der Waals surface area contributed by atoms with Gasteiger partial charge in [0.15, 0.2) is 6.10 Å². The molecule has 5 atom stereocenters. The summed E-state index contributed by atoms with van der Waals surface area (Å²) in [6.45, 7) is 3.99. The molecule has 0 radical (unpaired) electrons. The SMILES string of the molecule is Cc1ccccc1OCC(O)C(=O)N1[C@@H]2CC[C@H]1[C@H]1CNC[C@H]12. The molecule has 3 aliphatic rings. The van der Waals surface area contributed by atoms with Gasteiger partial charge >= 0.3 is 0 Å². The van der Waals surface area contributed by atoms with Crippen molar-refractivity contribution in [2.24, 2.45) is 11.8 Å². The van der Waals surface area contributed by atoms with Crippen LogP contribution in [0.4, 0.5) is 0 Å². The quantitative estimate of drug-likeness (QED) is 0.868. The Labute approximate surface area is 136 Å². The van der Waals surface area contributed by atoms with Crippen molar-refractivity contribution in [2.75, 3.05) is 19.7 Å². The minimum absolute atomic E-state index is 0.0210. The van der Waals surface area contributed by atoms with E-state index in [0.29, 0.717) is 23.9 Å². The van der Waals surface area contributed by atoms with E-state index in [1.54, 1.807) is 0 Å². The maximum absolute atomic E-state index is 12.7. The number of aliphatic hydroxyl groups is 1. The van der Waals surface area contributed by atoms with Crippen LogP contribution in [0.2, 0.25) is 0 Å². The van der Waals surface area contributed by atoms with Gasteiger partial charge in [-0.2, -0.15) is 0 Å². The molecule has 3 fully saturated rings. The molecule has 23 heavy (non-hydrogen) atoms. The van der Waals surface area contributed by atoms with Crippen molar-refractivity contribution in [3.63, 3.8) is 0 Å².